The maximum absolute atomic E-state index is 12.5. The summed E-state index contributed by atoms with van der Waals surface area (Å²) in [5.41, 5.74) is 3.50. The number of nitrogens with zero attached hydrogens (tertiary/aromatic N) is 2. The van der Waals surface area contributed by atoms with E-state index in [1.54, 1.807) is 6.20 Å². The van der Waals surface area contributed by atoms with Gasteiger partial charge < -0.3 is 14.8 Å². The summed E-state index contributed by atoms with van der Waals surface area (Å²) >= 11 is 0. The molecule has 3 aromatic rings. The summed E-state index contributed by atoms with van der Waals surface area (Å²) in [5, 5.41) is 7.10. The zero-order chi connectivity index (χ0) is 21.7. The van der Waals surface area contributed by atoms with Crippen LogP contribution in [0, 0.1) is 6.92 Å². The van der Waals surface area contributed by atoms with Crippen molar-refractivity contribution in [1.29, 1.82) is 0 Å². The Labute approximate surface area is 175 Å². The Morgan fingerprint density at radius 2 is 1.83 bits per heavy atom. The van der Waals surface area contributed by atoms with E-state index in [-0.39, 0.29) is 17.4 Å². The normalized spacial score (nSPS) is 10.7. The Balaban J connectivity index is 1.69. The van der Waals surface area contributed by atoms with Gasteiger partial charge in [0.25, 0.3) is 5.91 Å². The van der Waals surface area contributed by atoms with Crippen LogP contribution in [0.5, 0.6) is 5.75 Å². The van der Waals surface area contributed by atoms with E-state index < -0.39 is 18.5 Å². The zero-order valence-electron chi connectivity index (χ0n) is 17.5. The minimum absolute atomic E-state index is 0.00733. The highest BCUT2D eigenvalue weighted by molar-refractivity contribution is 5.96. The van der Waals surface area contributed by atoms with E-state index in [1.807, 2.05) is 55.5 Å². The minimum Gasteiger partial charge on any atom is -0.493 e. The van der Waals surface area contributed by atoms with E-state index in [2.05, 4.69) is 24.3 Å². The third-order valence-electron chi connectivity index (χ3n) is 4.64. The molecule has 156 valence electrons. The lowest BCUT2D eigenvalue weighted by molar-refractivity contribution is -0.119. The van der Waals surface area contributed by atoms with Crippen LogP contribution in [-0.2, 0) is 9.53 Å². The number of nitrogens with one attached hydrogen (secondary N) is 1. The Hall–Kier alpha value is -3.61. The Kier molecular flexibility index (Phi) is 6.51. The summed E-state index contributed by atoms with van der Waals surface area (Å²) < 4.78 is 12.0. The molecule has 0 saturated heterocycles. The molecule has 2 aromatic carbocycles. The minimum atomic E-state index is -0.731. The maximum Gasteiger partial charge on any atom is 0.363 e. The molecular weight excluding hydrogens is 382 g/mol. The van der Waals surface area contributed by atoms with Crippen LogP contribution < -0.4 is 10.1 Å². The fourth-order valence-electron chi connectivity index (χ4n) is 3.08. The van der Waals surface area contributed by atoms with E-state index >= 15 is 0 Å². The number of hydrogen-bond acceptors (Lipinski definition) is 5. The number of carbonyl (C=O) groups is 2. The third-order valence-corrected chi connectivity index (χ3v) is 4.64. The summed E-state index contributed by atoms with van der Waals surface area (Å²) in [6.07, 6.45) is 1.59. The summed E-state index contributed by atoms with van der Waals surface area (Å²) in [6, 6.07) is 15.2. The number of methoxy groups -OCH3 is 1. The molecule has 0 bridgehead atoms. The molecule has 0 unspecified atom stereocenters. The monoisotopic (exact) mass is 407 g/mol. The van der Waals surface area contributed by atoms with Crippen molar-refractivity contribution in [2.75, 3.05) is 19.0 Å². The second kappa shape index (κ2) is 9.26. The Bertz CT molecular complexity index is 1040. The van der Waals surface area contributed by atoms with Crippen molar-refractivity contribution < 1.29 is 19.1 Å². The zero-order valence-corrected chi connectivity index (χ0v) is 17.5. The molecule has 30 heavy (non-hydrogen) atoms. The second-order valence-electron chi connectivity index (χ2n) is 7.14. The van der Waals surface area contributed by atoms with E-state index in [9.17, 15) is 9.59 Å². The first-order valence-electron chi connectivity index (χ1n) is 9.66. The molecule has 7 heteroatoms. The van der Waals surface area contributed by atoms with Crippen LogP contribution >= 0.6 is 0 Å². The SMILES string of the molecule is COc1cn(-c2ccccc2)nc1C(=O)OCC(=O)Nc1c(C)cccc1C(C)C. The molecule has 0 radical (unpaired) electrons. The van der Waals surface area contributed by atoms with Gasteiger partial charge in [-0.05, 0) is 36.1 Å². The van der Waals surface area contributed by atoms with Crippen LogP contribution in [0.1, 0.15) is 41.4 Å². The van der Waals surface area contributed by atoms with E-state index in [4.69, 9.17) is 9.47 Å². The summed E-state index contributed by atoms with van der Waals surface area (Å²) in [7, 11) is 1.45. The first-order valence-corrected chi connectivity index (χ1v) is 9.66. The Morgan fingerprint density at radius 3 is 2.50 bits per heavy atom. The number of ether oxygens (including phenoxy) is 2. The van der Waals surface area contributed by atoms with Crippen molar-refractivity contribution in [1.82, 2.24) is 9.78 Å². The van der Waals surface area contributed by atoms with Crippen LogP contribution in [0.15, 0.2) is 54.7 Å². The molecule has 1 N–H and O–H groups in total. The highest BCUT2D eigenvalue weighted by Gasteiger charge is 2.21. The number of hydrogen-bond donors (Lipinski definition) is 1. The van der Waals surface area contributed by atoms with Gasteiger partial charge in [0, 0.05) is 5.69 Å². The van der Waals surface area contributed by atoms with E-state index in [1.165, 1.54) is 11.8 Å². The summed E-state index contributed by atoms with van der Waals surface area (Å²) in [4.78, 5) is 24.9. The largest absolute Gasteiger partial charge is 0.493 e. The highest BCUT2D eigenvalue weighted by Crippen LogP contribution is 2.27. The average Bonchev–Trinajstić information content (AvgIpc) is 3.18. The average molecular weight is 407 g/mol. The number of esters is 1. The number of aromatic nitrogens is 2. The molecule has 0 aliphatic rings. The van der Waals surface area contributed by atoms with Crippen molar-refractivity contribution in [2.24, 2.45) is 0 Å². The number of carbonyl (C=O) groups excluding carboxylic acids is 2. The topological polar surface area (TPSA) is 82.5 Å². The molecule has 0 aliphatic carbocycles. The van der Waals surface area contributed by atoms with Crippen LogP contribution in [-0.4, -0.2) is 35.4 Å². The Morgan fingerprint density at radius 1 is 1.10 bits per heavy atom. The number of amides is 1. The van der Waals surface area contributed by atoms with E-state index in [0.717, 1.165) is 22.5 Å². The maximum atomic E-state index is 12.5. The van der Waals surface area contributed by atoms with Gasteiger partial charge in [-0.15, -0.1) is 0 Å². The summed E-state index contributed by atoms with van der Waals surface area (Å²) in [5.74, 6) is -0.634. The van der Waals surface area contributed by atoms with Crippen molar-refractivity contribution in [3.8, 4) is 11.4 Å². The first-order chi connectivity index (χ1) is 14.4. The number of aryl methyl sites for hydroxylation is 1. The van der Waals surface area contributed by atoms with Gasteiger partial charge in [-0.3, -0.25) is 4.79 Å². The molecule has 1 amide bonds. The standard InChI is InChI=1S/C23H25N3O4/c1-15(2)18-12-8-9-16(3)21(18)24-20(27)14-30-23(28)22-19(29-4)13-26(25-22)17-10-6-5-7-11-17/h5-13,15H,14H2,1-4H3,(H,24,27). The molecule has 0 fully saturated rings. The fourth-order valence-corrected chi connectivity index (χ4v) is 3.08. The van der Waals surface area contributed by atoms with Gasteiger partial charge in [-0.25, -0.2) is 9.48 Å². The molecule has 1 aromatic heterocycles. The second-order valence-corrected chi connectivity index (χ2v) is 7.14. The van der Waals surface area contributed by atoms with Gasteiger partial charge in [-0.2, -0.15) is 5.10 Å². The summed E-state index contributed by atoms with van der Waals surface area (Å²) in [6.45, 7) is 5.61. The van der Waals surface area contributed by atoms with Gasteiger partial charge >= 0.3 is 5.97 Å². The molecule has 0 saturated carbocycles. The van der Waals surface area contributed by atoms with Crippen LogP contribution in [0.4, 0.5) is 5.69 Å². The lowest BCUT2D eigenvalue weighted by Gasteiger charge is -2.16. The van der Waals surface area contributed by atoms with Gasteiger partial charge in [-0.1, -0.05) is 50.2 Å². The molecular formula is C23H25N3O4. The molecule has 0 atom stereocenters. The molecule has 3 rings (SSSR count). The lowest BCUT2D eigenvalue weighted by Crippen LogP contribution is -2.22. The number of anilines is 1. The van der Waals surface area contributed by atoms with Gasteiger partial charge in [0.15, 0.2) is 12.4 Å². The van der Waals surface area contributed by atoms with Gasteiger partial charge in [0.1, 0.15) is 0 Å². The highest BCUT2D eigenvalue weighted by atomic mass is 16.5. The van der Waals surface area contributed by atoms with Crippen molar-refractivity contribution in [3.05, 3.63) is 71.5 Å². The van der Waals surface area contributed by atoms with Crippen molar-refractivity contribution in [3.63, 3.8) is 0 Å². The van der Waals surface area contributed by atoms with E-state index in [0.29, 0.717) is 0 Å². The van der Waals surface area contributed by atoms with Crippen LogP contribution in [0.3, 0.4) is 0 Å². The predicted molar refractivity (Wildman–Crippen MR) is 114 cm³/mol. The quantitative estimate of drug-likeness (QED) is 0.596. The number of para-hydroxylation sites is 2. The predicted octanol–water partition coefficient (Wildman–Crippen LogP) is 4.11. The van der Waals surface area contributed by atoms with Gasteiger partial charge in [0.2, 0.25) is 5.69 Å². The third kappa shape index (κ3) is 4.68. The smallest absolute Gasteiger partial charge is 0.363 e. The molecule has 1 heterocycles. The molecule has 7 nitrogen and oxygen atoms in total. The molecule has 0 aliphatic heterocycles. The van der Waals surface area contributed by atoms with Crippen LogP contribution in [0.25, 0.3) is 5.69 Å². The lowest BCUT2D eigenvalue weighted by atomic mass is 9.98. The fraction of sp³-hybridized carbons (Fsp3) is 0.261. The van der Waals surface area contributed by atoms with Gasteiger partial charge in [0.05, 0.1) is 19.0 Å². The number of benzene rings is 2. The van der Waals surface area contributed by atoms with Crippen LogP contribution in [0.2, 0.25) is 0 Å². The van der Waals surface area contributed by atoms with Crippen molar-refractivity contribution in [2.45, 2.75) is 26.7 Å². The molecule has 0 spiro atoms. The van der Waals surface area contributed by atoms with Crippen molar-refractivity contribution >= 4 is 17.6 Å². The number of rotatable bonds is 7. The first kappa shape index (κ1) is 21.1.